The Labute approximate surface area is 309 Å². The summed E-state index contributed by atoms with van der Waals surface area (Å²) in [6, 6.07) is 2.26. The molecule has 14 heteroatoms. The highest BCUT2D eigenvalue weighted by atomic mass is 35.5. The maximum Gasteiger partial charge on any atom is 0.423 e. The van der Waals surface area contributed by atoms with Crippen LogP contribution in [-0.4, -0.2) is 37.1 Å². The van der Waals surface area contributed by atoms with E-state index in [0.717, 1.165) is 37.8 Å². The summed E-state index contributed by atoms with van der Waals surface area (Å²) in [7, 11) is 0. The zero-order valence-corrected chi connectivity index (χ0v) is 31.8. The van der Waals surface area contributed by atoms with Crippen LogP contribution in [0.5, 0.6) is 11.5 Å². The number of hydrogen-bond donors (Lipinski definition) is 0. The molecule has 0 aromatic heterocycles. The summed E-state index contributed by atoms with van der Waals surface area (Å²) >= 11 is 37.6. The average molecular weight is 785 g/mol. The lowest BCUT2D eigenvalue weighted by Gasteiger charge is -2.48. The molecule has 2 aromatic carbocycles. The Morgan fingerprint density at radius 3 is 1.25 bits per heavy atom. The molecule has 4 rings (SSSR count). The van der Waals surface area contributed by atoms with Gasteiger partial charge in [-0.1, -0.05) is 111 Å². The molecule has 0 saturated heterocycles. The first-order valence-electron chi connectivity index (χ1n) is 15.4. The smallest absolute Gasteiger partial charge is 0.423 e. The third-order valence-corrected chi connectivity index (χ3v) is 11.9. The number of ether oxygens (including phenoxy) is 4. The minimum atomic E-state index is -1.64. The molecule has 0 heterocycles. The van der Waals surface area contributed by atoms with Gasteiger partial charge in [-0.05, 0) is 72.3 Å². The van der Waals surface area contributed by atoms with Gasteiger partial charge < -0.3 is 18.9 Å². The van der Waals surface area contributed by atoms with Crippen molar-refractivity contribution < 1.29 is 38.1 Å². The number of halogens is 6. The van der Waals surface area contributed by atoms with Crippen LogP contribution in [-0.2, 0) is 19.1 Å². The Morgan fingerprint density at radius 1 is 0.646 bits per heavy atom. The minimum Gasteiger partial charge on any atom is -0.462 e. The lowest BCUT2D eigenvalue weighted by molar-refractivity contribution is -0.156. The van der Waals surface area contributed by atoms with Crippen LogP contribution in [0.25, 0.3) is 0 Å². The quantitative estimate of drug-likeness (QED) is 0.101. The van der Waals surface area contributed by atoms with Crippen molar-refractivity contribution >= 4 is 93.5 Å². The van der Waals surface area contributed by atoms with Crippen molar-refractivity contribution in [2.75, 3.05) is 13.2 Å². The molecule has 2 aromatic rings. The first-order chi connectivity index (χ1) is 22.3. The fourth-order valence-electron chi connectivity index (χ4n) is 6.81. The molecule has 2 unspecified atom stereocenters. The Balaban J connectivity index is 1.52. The van der Waals surface area contributed by atoms with Gasteiger partial charge in [-0.2, -0.15) is 0 Å². The number of rotatable bonds is 10. The molecular weight excluding hydrogens is 749 g/mol. The number of hydrogen-bond acceptors (Lipinski definition) is 8. The van der Waals surface area contributed by atoms with Gasteiger partial charge in [-0.25, -0.2) is 19.2 Å². The van der Waals surface area contributed by atoms with Crippen LogP contribution in [0.4, 0.5) is 0 Å². The normalized spacial score (nSPS) is 24.4. The first kappa shape index (κ1) is 38.9. The molecule has 262 valence electrons. The minimum absolute atomic E-state index is 0.00264. The van der Waals surface area contributed by atoms with E-state index in [4.69, 9.17) is 88.6 Å². The van der Waals surface area contributed by atoms with Crippen molar-refractivity contribution in [2.24, 2.45) is 34.5 Å². The Kier molecular flexibility index (Phi) is 12.2. The molecule has 0 radical (unpaired) electrons. The third kappa shape index (κ3) is 8.16. The Bertz CT molecular complexity index is 1510. The molecule has 0 amide bonds. The van der Waals surface area contributed by atoms with Gasteiger partial charge in [0.2, 0.25) is 0 Å². The molecule has 48 heavy (non-hydrogen) atoms. The van der Waals surface area contributed by atoms with Crippen LogP contribution in [0.1, 0.15) is 87.9 Å². The standard InChI is InChI=1S/C34H36Cl6O8/c1-15-9-33(5,10-15)17(3)13-45-29(41)23-25(39)19(35)7-21(37)27(23)47-31(43)32(44)48-28-22(38)8-20(36)26(40)24(28)30(42)46-14-18(4)34(6)11-16(2)12-34/h7-8,15-18H,9-14H2,1-6H3. The van der Waals surface area contributed by atoms with E-state index in [-0.39, 0.29) is 66.0 Å². The highest BCUT2D eigenvalue weighted by molar-refractivity contribution is 6.47. The van der Waals surface area contributed by atoms with Crippen molar-refractivity contribution in [3.63, 3.8) is 0 Å². The molecule has 2 aliphatic carbocycles. The van der Waals surface area contributed by atoms with E-state index < -0.39 is 46.5 Å². The second-order valence-electron chi connectivity index (χ2n) is 13.8. The van der Waals surface area contributed by atoms with E-state index in [9.17, 15) is 19.2 Å². The van der Waals surface area contributed by atoms with Crippen LogP contribution in [0.2, 0.25) is 30.1 Å². The van der Waals surface area contributed by atoms with E-state index in [1.165, 1.54) is 0 Å². The van der Waals surface area contributed by atoms with Crippen molar-refractivity contribution in [3.05, 3.63) is 53.4 Å². The highest BCUT2D eigenvalue weighted by Crippen LogP contribution is 2.51. The molecule has 8 nitrogen and oxygen atoms in total. The lowest BCUT2D eigenvalue weighted by atomic mass is 9.58. The van der Waals surface area contributed by atoms with Gasteiger partial charge in [0, 0.05) is 0 Å². The molecule has 0 aliphatic heterocycles. The van der Waals surface area contributed by atoms with Crippen molar-refractivity contribution in [1.82, 2.24) is 0 Å². The lowest BCUT2D eigenvalue weighted by Crippen LogP contribution is -2.40. The van der Waals surface area contributed by atoms with Crippen LogP contribution in [0.3, 0.4) is 0 Å². The SMILES string of the molecule is CC1CC(C)(C(C)COC(=O)c2c(Cl)c(Cl)cc(Cl)c2OC(=O)C(=O)Oc2c(Cl)cc(Cl)c(Cl)c2C(=O)OCC(C)C2(C)CC(C)C2)C1. The number of carbonyl (C=O) groups excluding carboxylic acids is 4. The summed E-state index contributed by atoms with van der Waals surface area (Å²) < 4.78 is 21.5. The van der Waals surface area contributed by atoms with Gasteiger partial charge in [-0.3, -0.25) is 0 Å². The largest absolute Gasteiger partial charge is 0.462 e. The van der Waals surface area contributed by atoms with Gasteiger partial charge in [0.15, 0.2) is 11.5 Å². The molecule has 2 aliphatic rings. The average Bonchev–Trinajstić information content (AvgIpc) is 2.98. The van der Waals surface area contributed by atoms with Gasteiger partial charge in [0.05, 0.1) is 43.3 Å². The predicted molar refractivity (Wildman–Crippen MR) is 186 cm³/mol. The van der Waals surface area contributed by atoms with E-state index in [1.54, 1.807) is 0 Å². The van der Waals surface area contributed by atoms with Crippen LogP contribution >= 0.6 is 69.6 Å². The number of esters is 4. The van der Waals surface area contributed by atoms with Crippen LogP contribution in [0, 0.1) is 34.5 Å². The molecule has 2 fully saturated rings. The third-order valence-electron chi connectivity index (χ3n) is 9.79. The summed E-state index contributed by atoms with van der Waals surface area (Å²) in [4.78, 5) is 52.6. The van der Waals surface area contributed by atoms with E-state index in [1.807, 2.05) is 13.8 Å². The fourth-order valence-corrected chi connectivity index (χ4v) is 8.25. The molecule has 0 N–H and O–H groups in total. The number of carbonyl (C=O) groups is 4. The molecule has 0 spiro atoms. The van der Waals surface area contributed by atoms with Gasteiger partial charge in [0.25, 0.3) is 0 Å². The highest BCUT2D eigenvalue weighted by Gasteiger charge is 2.43. The second kappa shape index (κ2) is 15.1. The van der Waals surface area contributed by atoms with Crippen molar-refractivity contribution in [3.8, 4) is 11.5 Å². The summed E-state index contributed by atoms with van der Waals surface area (Å²) in [5.41, 5.74) is -0.931. The van der Waals surface area contributed by atoms with E-state index in [0.29, 0.717) is 11.8 Å². The predicted octanol–water partition coefficient (Wildman–Crippen LogP) is 10.6. The maximum atomic E-state index is 13.3. The second-order valence-corrected chi connectivity index (χ2v) is 16.2. The van der Waals surface area contributed by atoms with Crippen LogP contribution < -0.4 is 9.47 Å². The number of benzene rings is 2. The fraction of sp³-hybridized carbons (Fsp3) is 0.529. The first-order valence-corrected chi connectivity index (χ1v) is 17.7. The van der Waals surface area contributed by atoms with Crippen molar-refractivity contribution in [1.29, 1.82) is 0 Å². The zero-order valence-electron chi connectivity index (χ0n) is 27.2. The van der Waals surface area contributed by atoms with Gasteiger partial charge in [-0.15, -0.1) is 0 Å². The molecule has 0 bridgehead atoms. The van der Waals surface area contributed by atoms with Crippen LogP contribution in [0.15, 0.2) is 12.1 Å². The van der Waals surface area contributed by atoms with E-state index >= 15 is 0 Å². The zero-order chi connectivity index (χ0) is 35.9. The molecular formula is C34H36Cl6O8. The summed E-state index contributed by atoms with van der Waals surface area (Å²) in [5, 5.41) is -1.49. The Morgan fingerprint density at radius 2 is 0.958 bits per heavy atom. The molecule has 2 saturated carbocycles. The maximum absolute atomic E-state index is 13.3. The van der Waals surface area contributed by atoms with E-state index in [2.05, 4.69) is 27.7 Å². The Hall–Kier alpha value is -1.94. The van der Waals surface area contributed by atoms with Gasteiger partial charge >= 0.3 is 23.9 Å². The topological polar surface area (TPSA) is 105 Å². The summed E-state index contributed by atoms with van der Waals surface area (Å²) in [5.74, 6) is -5.21. The molecule has 2 atom stereocenters. The monoisotopic (exact) mass is 782 g/mol. The van der Waals surface area contributed by atoms with Gasteiger partial charge in [0.1, 0.15) is 11.1 Å². The summed E-state index contributed by atoms with van der Waals surface area (Å²) in [6.45, 7) is 12.6. The summed E-state index contributed by atoms with van der Waals surface area (Å²) in [6.07, 6.45) is 3.95. The van der Waals surface area contributed by atoms with Crippen molar-refractivity contribution in [2.45, 2.75) is 67.2 Å².